The molecule has 18 heavy (non-hydrogen) atoms. The molecule has 0 heterocycles. The second-order valence-electron chi connectivity index (χ2n) is 4.61. The van der Waals surface area contributed by atoms with Gasteiger partial charge >= 0.3 is 0 Å². The van der Waals surface area contributed by atoms with Gasteiger partial charge in [0, 0.05) is 13.5 Å². The SMILES string of the molecule is Cc1ccc(C)c(OCCCC(=O)N(C)N)c1C. The number of aryl methyl sites for hydroxylation is 2. The highest BCUT2D eigenvalue weighted by Gasteiger charge is 2.07. The van der Waals surface area contributed by atoms with Crippen molar-refractivity contribution in [3.63, 3.8) is 0 Å². The Balaban J connectivity index is 2.50. The van der Waals surface area contributed by atoms with Crippen LogP contribution < -0.4 is 10.6 Å². The molecule has 0 bridgehead atoms. The number of carbonyl (C=O) groups excluding carboxylic acids is 1. The third kappa shape index (κ3) is 3.74. The normalized spacial score (nSPS) is 10.3. The van der Waals surface area contributed by atoms with E-state index in [1.54, 1.807) is 7.05 Å². The summed E-state index contributed by atoms with van der Waals surface area (Å²) in [5.74, 6) is 6.20. The molecule has 2 N–H and O–H groups in total. The van der Waals surface area contributed by atoms with Crippen molar-refractivity contribution in [1.82, 2.24) is 5.01 Å². The van der Waals surface area contributed by atoms with Gasteiger partial charge in [-0.1, -0.05) is 12.1 Å². The second kappa shape index (κ2) is 6.40. The Morgan fingerprint density at radius 3 is 2.50 bits per heavy atom. The van der Waals surface area contributed by atoms with Crippen LogP contribution in [-0.2, 0) is 4.79 Å². The number of benzene rings is 1. The van der Waals surface area contributed by atoms with Crippen LogP contribution in [0, 0.1) is 20.8 Å². The standard InChI is InChI=1S/C14H22N2O2/c1-10-7-8-11(2)14(12(10)3)18-9-5-6-13(17)16(4)15/h7-8H,5-6,9,15H2,1-4H3. The van der Waals surface area contributed by atoms with Gasteiger partial charge in [0.25, 0.3) is 0 Å². The number of nitrogens with two attached hydrogens (primary N) is 1. The average Bonchev–Trinajstić information content (AvgIpc) is 2.32. The summed E-state index contributed by atoms with van der Waals surface area (Å²) in [4.78, 5) is 11.3. The highest BCUT2D eigenvalue weighted by Crippen LogP contribution is 2.25. The molecule has 0 aromatic heterocycles. The molecule has 0 radical (unpaired) electrons. The molecule has 1 aromatic carbocycles. The lowest BCUT2D eigenvalue weighted by atomic mass is 10.1. The molecule has 0 saturated carbocycles. The summed E-state index contributed by atoms with van der Waals surface area (Å²) < 4.78 is 5.77. The Morgan fingerprint density at radius 2 is 1.89 bits per heavy atom. The van der Waals surface area contributed by atoms with E-state index < -0.39 is 0 Å². The number of ether oxygens (including phenoxy) is 1. The van der Waals surface area contributed by atoms with E-state index in [0.29, 0.717) is 19.4 Å². The minimum absolute atomic E-state index is 0.0729. The molecule has 100 valence electrons. The number of hydrogen-bond acceptors (Lipinski definition) is 3. The average molecular weight is 250 g/mol. The van der Waals surface area contributed by atoms with Crippen LogP contribution in [0.15, 0.2) is 12.1 Å². The van der Waals surface area contributed by atoms with E-state index in [2.05, 4.69) is 26.0 Å². The third-order valence-corrected chi connectivity index (χ3v) is 3.05. The Bertz CT molecular complexity index is 428. The number of nitrogens with zero attached hydrogens (tertiary/aromatic N) is 1. The summed E-state index contributed by atoms with van der Waals surface area (Å²) >= 11 is 0. The van der Waals surface area contributed by atoms with Gasteiger partial charge < -0.3 is 4.74 Å². The number of carbonyl (C=O) groups is 1. The van der Waals surface area contributed by atoms with Crippen molar-refractivity contribution in [2.24, 2.45) is 5.84 Å². The zero-order chi connectivity index (χ0) is 13.7. The van der Waals surface area contributed by atoms with Crippen molar-refractivity contribution < 1.29 is 9.53 Å². The molecular formula is C14H22N2O2. The van der Waals surface area contributed by atoms with Crippen molar-refractivity contribution >= 4 is 5.91 Å². The van der Waals surface area contributed by atoms with E-state index in [-0.39, 0.29) is 5.91 Å². The molecule has 1 amide bonds. The lowest BCUT2D eigenvalue weighted by Gasteiger charge is -2.14. The molecule has 1 rings (SSSR count). The largest absolute Gasteiger partial charge is 0.493 e. The van der Waals surface area contributed by atoms with E-state index in [4.69, 9.17) is 10.6 Å². The van der Waals surface area contributed by atoms with Gasteiger partial charge in [-0.05, 0) is 43.9 Å². The molecule has 0 spiro atoms. The van der Waals surface area contributed by atoms with Crippen LogP contribution in [0.1, 0.15) is 29.5 Å². The maximum atomic E-state index is 11.3. The third-order valence-electron chi connectivity index (χ3n) is 3.05. The zero-order valence-corrected chi connectivity index (χ0v) is 11.6. The number of hydrazine groups is 1. The van der Waals surface area contributed by atoms with Gasteiger partial charge in [0.1, 0.15) is 5.75 Å². The first-order valence-electron chi connectivity index (χ1n) is 6.14. The molecule has 0 aliphatic rings. The summed E-state index contributed by atoms with van der Waals surface area (Å²) in [6.45, 7) is 6.68. The van der Waals surface area contributed by atoms with E-state index >= 15 is 0 Å². The molecule has 0 fully saturated rings. The Kier molecular flexibility index (Phi) is 5.16. The predicted molar refractivity (Wildman–Crippen MR) is 72.3 cm³/mol. The van der Waals surface area contributed by atoms with Gasteiger partial charge in [-0.2, -0.15) is 0 Å². The molecule has 0 unspecified atom stereocenters. The van der Waals surface area contributed by atoms with Gasteiger partial charge in [0.05, 0.1) is 6.61 Å². The van der Waals surface area contributed by atoms with Crippen molar-refractivity contribution in [3.05, 3.63) is 28.8 Å². The Hall–Kier alpha value is -1.55. The fraction of sp³-hybridized carbons (Fsp3) is 0.500. The minimum atomic E-state index is -0.0729. The van der Waals surface area contributed by atoms with Crippen molar-refractivity contribution in [2.45, 2.75) is 33.6 Å². The van der Waals surface area contributed by atoms with Crippen molar-refractivity contribution in [2.75, 3.05) is 13.7 Å². The predicted octanol–water partition coefficient (Wildman–Crippen LogP) is 2.10. The lowest BCUT2D eigenvalue weighted by molar-refractivity contribution is -0.130. The van der Waals surface area contributed by atoms with Gasteiger partial charge in [-0.3, -0.25) is 9.80 Å². The van der Waals surface area contributed by atoms with E-state index in [1.807, 2.05) is 6.92 Å². The van der Waals surface area contributed by atoms with Gasteiger partial charge in [0.15, 0.2) is 0 Å². The van der Waals surface area contributed by atoms with Gasteiger partial charge in [-0.15, -0.1) is 0 Å². The summed E-state index contributed by atoms with van der Waals surface area (Å²) in [6, 6.07) is 4.14. The Morgan fingerprint density at radius 1 is 1.28 bits per heavy atom. The topological polar surface area (TPSA) is 55.6 Å². The first-order chi connectivity index (χ1) is 8.43. The molecule has 0 saturated heterocycles. The van der Waals surface area contributed by atoms with Crippen LogP contribution in [0.5, 0.6) is 5.75 Å². The second-order valence-corrected chi connectivity index (χ2v) is 4.61. The molecule has 1 aromatic rings. The summed E-state index contributed by atoms with van der Waals surface area (Å²) in [5.41, 5.74) is 3.51. The van der Waals surface area contributed by atoms with Crippen molar-refractivity contribution in [1.29, 1.82) is 0 Å². The number of amides is 1. The fourth-order valence-corrected chi connectivity index (χ4v) is 1.72. The van der Waals surface area contributed by atoms with E-state index in [9.17, 15) is 4.79 Å². The van der Waals surface area contributed by atoms with Crippen molar-refractivity contribution in [3.8, 4) is 5.75 Å². The monoisotopic (exact) mass is 250 g/mol. The summed E-state index contributed by atoms with van der Waals surface area (Å²) in [6.07, 6.45) is 1.09. The molecule has 0 atom stereocenters. The van der Waals surface area contributed by atoms with Crippen LogP contribution >= 0.6 is 0 Å². The first kappa shape index (κ1) is 14.5. The van der Waals surface area contributed by atoms with Gasteiger partial charge in [0.2, 0.25) is 5.91 Å². The molecule has 4 heteroatoms. The smallest absolute Gasteiger partial charge is 0.236 e. The summed E-state index contributed by atoms with van der Waals surface area (Å²) in [5, 5.41) is 1.11. The van der Waals surface area contributed by atoms with Gasteiger partial charge in [-0.25, -0.2) is 5.84 Å². The number of rotatable bonds is 5. The van der Waals surface area contributed by atoms with Crippen LogP contribution in [0.3, 0.4) is 0 Å². The highest BCUT2D eigenvalue weighted by atomic mass is 16.5. The quantitative estimate of drug-likeness (QED) is 0.377. The maximum absolute atomic E-state index is 11.3. The van der Waals surface area contributed by atoms with Crippen LogP contribution in [0.2, 0.25) is 0 Å². The van der Waals surface area contributed by atoms with Crippen LogP contribution in [0.25, 0.3) is 0 Å². The molecular weight excluding hydrogens is 228 g/mol. The van der Waals surface area contributed by atoms with E-state index in [0.717, 1.165) is 21.9 Å². The number of hydrogen-bond donors (Lipinski definition) is 1. The minimum Gasteiger partial charge on any atom is -0.493 e. The zero-order valence-electron chi connectivity index (χ0n) is 11.6. The highest BCUT2D eigenvalue weighted by molar-refractivity contribution is 5.75. The van der Waals surface area contributed by atoms with Crippen LogP contribution in [0.4, 0.5) is 0 Å². The molecule has 4 nitrogen and oxygen atoms in total. The molecule has 0 aliphatic heterocycles. The molecule has 0 aliphatic carbocycles. The van der Waals surface area contributed by atoms with Crippen LogP contribution in [-0.4, -0.2) is 24.6 Å². The summed E-state index contributed by atoms with van der Waals surface area (Å²) in [7, 11) is 1.55. The lowest BCUT2D eigenvalue weighted by Crippen LogP contribution is -2.33. The van der Waals surface area contributed by atoms with E-state index in [1.165, 1.54) is 5.56 Å². The Labute approximate surface area is 109 Å². The first-order valence-corrected chi connectivity index (χ1v) is 6.14. The maximum Gasteiger partial charge on any atom is 0.236 e. The fourth-order valence-electron chi connectivity index (χ4n) is 1.72.